The molecule has 90 valence electrons. The molecule has 0 aliphatic carbocycles. The zero-order valence-electron chi connectivity index (χ0n) is 10.2. The van der Waals surface area contributed by atoms with E-state index in [1.807, 2.05) is 49.5 Å². The Morgan fingerprint density at radius 3 is 2.94 bits per heavy atom. The van der Waals surface area contributed by atoms with Crippen LogP contribution in [-0.4, -0.2) is 14.6 Å². The second kappa shape index (κ2) is 4.23. The molecule has 2 heterocycles. The molecule has 4 heteroatoms. The Balaban J connectivity index is 2.13. The maximum Gasteiger partial charge on any atom is 0.182 e. The first kappa shape index (κ1) is 10.9. The molecular weight excluding hydrogens is 224 g/mol. The number of hydrogen-bond acceptors (Lipinski definition) is 3. The average molecular weight is 238 g/mol. The van der Waals surface area contributed by atoms with Crippen molar-refractivity contribution in [1.82, 2.24) is 14.6 Å². The summed E-state index contributed by atoms with van der Waals surface area (Å²) in [4.78, 5) is 4.53. The Morgan fingerprint density at radius 2 is 2.11 bits per heavy atom. The number of aryl methyl sites for hydroxylation is 1. The van der Waals surface area contributed by atoms with E-state index in [0.29, 0.717) is 6.54 Å². The molecule has 0 unspecified atom stereocenters. The van der Waals surface area contributed by atoms with Gasteiger partial charge in [0.15, 0.2) is 11.5 Å². The minimum atomic E-state index is 0.528. The zero-order chi connectivity index (χ0) is 12.5. The number of fused-ring (bicyclic) bond motifs is 1. The maximum absolute atomic E-state index is 5.65. The quantitative estimate of drug-likeness (QED) is 0.744. The van der Waals surface area contributed by atoms with Crippen LogP contribution in [0.2, 0.25) is 0 Å². The van der Waals surface area contributed by atoms with E-state index in [1.165, 1.54) is 5.56 Å². The van der Waals surface area contributed by atoms with Gasteiger partial charge in [0.2, 0.25) is 0 Å². The van der Waals surface area contributed by atoms with Gasteiger partial charge in [-0.15, -0.1) is 5.10 Å². The van der Waals surface area contributed by atoms with Crippen molar-refractivity contribution in [2.24, 2.45) is 5.73 Å². The van der Waals surface area contributed by atoms with E-state index in [0.717, 1.165) is 22.6 Å². The van der Waals surface area contributed by atoms with Crippen LogP contribution >= 0.6 is 0 Å². The number of benzene rings is 1. The molecule has 4 nitrogen and oxygen atoms in total. The minimum absolute atomic E-state index is 0.528. The van der Waals surface area contributed by atoms with Crippen molar-refractivity contribution in [3.8, 4) is 11.4 Å². The maximum atomic E-state index is 5.65. The Bertz CT molecular complexity index is 700. The number of hydrogen-bond donors (Lipinski definition) is 1. The molecule has 0 fully saturated rings. The van der Waals surface area contributed by atoms with Gasteiger partial charge in [0.25, 0.3) is 0 Å². The molecule has 0 aliphatic heterocycles. The van der Waals surface area contributed by atoms with Crippen molar-refractivity contribution in [3.63, 3.8) is 0 Å². The first-order valence-electron chi connectivity index (χ1n) is 5.89. The van der Waals surface area contributed by atoms with E-state index in [-0.39, 0.29) is 0 Å². The van der Waals surface area contributed by atoms with Crippen molar-refractivity contribution in [3.05, 3.63) is 53.7 Å². The van der Waals surface area contributed by atoms with Crippen LogP contribution in [0.1, 0.15) is 11.1 Å². The molecule has 0 saturated heterocycles. The normalized spacial score (nSPS) is 11.0. The molecule has 18 heavy (non-hydrogen) atoms. The van der Waals surface area contributed by atoms with Gasteiger partial charge in [0.05, 0.1) is 0 Å². The Hall–Kier alpha value is -2.20. The fourth-order valence-electron chi connectivity index (χ4n) is 1.94. The van der Waals surface area contributed by atoms with Crippen LogP contribution in [0.4, 0.5) is 0 Å². The predicted molar refractivity (Wildman–Crippen MR) is 71.1 cm³/mol. The van der Waals surface area contributed by atoms with Crippen LogP contribution in [0.3, 0.4) is 0 Å². The predicted octanol–water partition coefficient (Wildman–Crippen LogP) is 2.16. The standard InChI is InChI=1S/C14H14N4/c1-10-5-6-18-13(7-10)16-14(17-18)12-4-2-3-11(8-12)9-15/h2-8H,9,15H2,1H3. The van der Waals surface area contributed by atoms with Gasteiger partial charge >= 0.3 is 0 Å². The van der Waals surface area contributed by atoms with Gasteiger partial charge < -0.3 is 5.73 Å². The van der Waals surface area contributed by atoms with E-state index in [4.69, 9.17) is 5.73 Å². The summed E-state index contributed by atoms with van der Waals surface area (Å²) < 4.78 is 1.79. The van der Waals surface area contributed by atoms with Crippen LogP contribution in [0.5, 0.6) is 0 Å². The molecule has 3 rings (SSSR count). The largest absolute Gasteiger partial charge is 0.326 e. The lowest BCUT2D eigenvalue weighted by atomic mass is 10.1. The van der Waals surface area contributed by atoms with Gasteiger partial charge in [0, 0.05) is 18.3 Å². The molecule has 0 radical (unpaired) electrons. The summed E-state index contributed by atoms with van der Waals surface area (Å²) in [6.45, 7) is 2.57. The van der Waals surface area contributed by atoms with Gasteiger partial charge in [-0.05, 0) is 36.2 Å². The van der Waals surface area contributed by atoms with Crippen LogP contribution in [0.15, 0.2) is 42.6 Å². The highest BCUT2D eigenvalue weighted by molar-refractivity contribution is 5.59. The molecule has 1 aromatic carbocycles. The summed E-state index contributed by atoms with van der Waals surface area (Å²) in [6, 6.07) is 12.0. The van der Waals surface area contributed by atoms with Crippen molar-refractivity contribution in [2.45, 2.75) is 13.5 Å². The van der Waals surface area contributed by atoms with E-state index in [2.05, 4.69) is 10.1 Å². The van der Waals surface area contributed by atoms with Gasteiger partial charge in [0.1, 0.15) is 0 Å². The third kappa shape index (κ3) is 1.87. The van der Waals surface area contributed by atoms with Crippen LogP contribution in [0, 0.1) is 6.92 Å². The van der Waals surface area contributed by atoms with Gasteiger partial charge in [-0.3, -0.25) is 0 Å². The number of nitrogens with zero attached hydrogens (tertiary/aromatic N) is 3. The molecule has 0 spiro atoms. The average Bonchev–Trinajstić information content (AvgIpc) is 2.81. The molecule has 3 aromatic rings. The van der Waals surface area contributed by atoms with Crippen LogP contribution < -0.4 is 5.73 Å². The van der Waals surface area contributed by atoms with Crippen LogP contribution in [0.25, 0.3) is 17.0 Å². The summed E-state index contributed by atoms with van der Waals surface area (Å²) in [7, 11) is 0. The van der Waals surface area contributed by atoms with Crippen molar-refractivity contribution in [2.75, 3.05) is 0 Å². The van der Waals surface area contributed by atoms with E-state index in [1.54, 1.807) is 4.52 Å². The zero-order valence-corrected chi connectivity index (χ0v) is 10.2. The number of aromatic nitrogens is 3. The third-order valence-electron chi connectivity index (χ3n) is 2.91. The molecule has 0 saturated carbocycles. The molecular formula is C14H14N4. The lowest BCUT2D eigenvalue weighted by molar-refractivity contribution is 0.961. The third-order valence-corrected chi connectivity index (χ3v) is 2.91. The topological polar surface area (TPSA) is 56.2 Å². The van der Waals surface area contributed by atoms with E-state index in [9.17, 15) is 0 Å². The fraction of sp³-hybridized carbons (Fsp3) is 0.143. The Morgan fingerprint density at radius 1 is 1.22 bits per heavy atom. The monoisotopic (exact) mass is 238 g/mol. The van der Waals surface area contributed by atoms with Gasteiger partial charge in [-0.2, -0.15) is 0 Å². The Kier molecular flexibility index (Phi) is 2.57. The number of nitrogens with two attached hydrogens (primary N) is 1. The van der Waals surface area contributed by atoms with Crippen molar-refractivity contribution in [1.29, 1.82) is 0 Å². The SMILES string of the molecule is Cc1ccn2nc(-c3cccc(CN)c3)nc2c1. The molecule has 0 aliphatic rings. The summed E-state index contributed by atoms with van der Waals surface area (Å²) >= 11 is 0. The second-order valence-corrected chi connectivity index (χ2v) is 4.35. The molecule has 2 N–H and O–H groups in total. The second-order valence-electron chi connectivity index (χ2n) is 4.35. The summed E-state index contributed by atoms with van der Waals surface area (Å²) in [6.07, 6.45) is 1.92. The van der Waals surface area contributed by atoms with Crippen LogP contribution in [-0.2, 0) is 6.54 Å². The fourth-order valence-corrected chi connectivity index (χ4v) is 1.94. The summed E-state index contributed by atoms with van der Waals surface area (Å²) in [5.41, 5.74) is 9.77. The number of pyridine rings is 1. The highest BCUT2D eigenvalue weighted by atomic mass is 15.3. The number of rotatable bonds is 2. The highest BCUT2D eigenvalue weighted by Gasteiger charge is 2.06. The first-order chi connectivity index (χ1) is 8.76. The highest BCUT2D eigenvalue weighted by Crippen LogP contribution is 2.18. The molecule has 0 amide bonds. The van der Waals surface area contributed by atoms with E-state index >= 15 is 0 Å². The minimum Gasteiger partial charge on any atom is -0.326 e. The lowest BCUT2D eigenvalue weighted by Gasteiger charge is -1.98. The summed E-state index contributed by atoms with van der Waals surface area (Å²) in [5, 5.41) is 4.46. The van der Waals surface area contributed by atoms with E-state index < -0.39 is 0 Å². The lowest BCUT2D eigenvalue weighted by Crippen LogP contribution is -1.96. The Labute approximate surface area is 105 Å². The molecule has 0 bridgehead atoms. The molecule has 2 aromatic heterocycles. The van der Waals surface area contributed by atoms with Gasteiger partial charge in [-0.25, -0.2) is 9.50 Å². The van der Waals surface area contributed by atoms with Gasteiger partial charge in [-0.1, -0.05) is 18.2 Å². The smallest absolute Gasteiger partial charge is 0.182 e. The molecule has 0 atom stereocenters. The summed E-state index contributed by atoms with van der Waals surface area (Å²) in [5.74, 6) is 0.732. The van der Waals surface area contributed by atoms with Crippen molar-refractivity contribution >= 4 is 5.65 Å². The first-order valence-corrected chi connectivity index (χ1v) is 5.89. The van der Waals surface area contributed by atoms with Crippen molar-refractivity contribution < 1.29 is 0 Å².